The lowest BCUT2D eigenvalue weighted by Crippen LogP contribution is -2.49. The molecule has 0 unspecified atom stereocenters. The minimum Gasteiger partial charge on any atom is -0.339 e. The van der Waals surface area contributed by atoms with Crippen molar-refractivity contribution in [2.45, 2.75) is 18.4 Å². The Labute approximate surface area is 198 Å². The van der Waals surface area contributed by atoms with Crippen LogP contribution in [-0.2, 0) is 21.5 Å². The monoisotopic (exact) mass is 473 g/mol. The largest absolute Gasteiger partial charge is 0.344 e. The number of nitrogens with one attached hydrogen (secondary N) is 2. The molecule has 170 valence electrons. The predicted octanol–water partition coefficient (Wildman–Crippen LogP) is 3.26. The molecule has 1 fully saturated rings. The second-order valence-corrected chi connectivity index (χ2v) is 8.39. The molecule has 4 amide bonds. The number of thiophene rings is 1. The first kappa shape index (κ1) is 21.5. The zero-order valence-electron chi connectivity index (χ0n) is 17.8. The molecule has 2 N–H and O–H groups in total. The lowest BCUT2D eigenvalue weighted by molar-refractivity contribution is -0.138. The number of imide groups is 1. The maximum absolute atomic E-state index is 13.6. The van der Waals surface area contributed by atoms with E-state index >= 15 is 0 Å². The number of aryl methyl sites for hydroxylation is 1. The Morgan fingerprint density at radius 3 is 2.32 bits per heavy atom. The van der Waals surface area contributed by atoms with Crippen LogP contribution in [0.5, 0.6) is 0 Å². The molecule has 1 aliphatic heterocycles. The van der Waals surface area contributed by atoms with Crippen molar-refractivity contribution in [1.82, 2.24) is 25.9 Å². The van der Waals surface area contributed by atoms with Gasteiger partial charge in [0, 0.05) is 23.8 Å². The van der Waals surface area contributed by atoms with Crippen molar-refractivity contribution in [1.29, 1.82) is 0 Å². The van der Waals surface area contributed by atoms with Gasteiger partial charge in [0.05, 0.1) is 0 Å². The first-order chi connectivity index (χ1) is 16.6. The molecule has 1 aliphatic rings. The maximum atomic E-state index is 13.6. The number of urea groups is 1. The van der Waals surface area contributed by atoms with E-state index in [1.165, 1.54) is 11.3 Å². The summed E-state index contributed by atoms with van der Waals surface area (Å²) in [6.45, 7) is 0. The molecule has 3 heterocycles. The molecule has 9 nitrogen and oxygen atoms in total. The van der Waals surface area contributed by atoms with Crippen LogP contribution in [-0.4, -0.2) is 33.0 Å². The molecule has 0 radical (unpaired) electrons. The van der Waals surface area contributed by atoms with Crippen LogP contribution >= 0.6 is 11.3 Å². The van der Waals surface area contributed by atoms with Gasteiger partial charge in [0.25, 0.3) is 5.91 Å². The molecule has 10 heteroatoms. The van der Waals surface area contributed by atoms with Crippen molar-refractivity contribution in [3.05, 3.63) is 94.5 Å². The van der Waals surface area contributed by atoms with Crippen LogP contribution in [0.2, 0.25) is 0 Å². The van der Waals surface area contributed by atoms with Gasteiger partial charge in [0.15, 0.2) is 5.54 Å². The van der Waals surface area contributed by atoms with Gasteiger partial charge in [-0.15, -0.1) is 0 Å². The topological polar surface area (TPSA) is 117 Å². The molecule has 2 aromatic heterocycles. The average molecular weight is 474 g/mol. The van der Waals surface area contributed by atoms with Crippen LogP contribution in [0.3, 0.4) is 0 Å². The molecule has 0 saturated carbocycles. The van der Waals surface area contributed by atoms with Gasteiger partial charge in [-0.2, -0.15) is 21.3 Å². The maximum Gasteiger partial charge on any atom is 0.344 e. The lowest BCUT2D eigenvalue weighted by Gasteiger charge is -2.27. The highest BCUT2D eigenvalue weighted by atomic mass is 32.1. The average Bonchev–Trinajstić information content (AvgIpc) is 3.61. The molecule has 1 saturated heterocycles. The molecule has 34 heavy (non-hydrogen) atoms. The molecule has 2 aromatic carbocycles. The van der Waals surface area contributed by atoms with Gasteiger partial charge >= 0.3 is 6.03 Å². The van der Waals surface area contributed by atoms with Crippen molar-refractivity contribution in [3.8, 4) is 11.4 Å². The molecular formula is C24H19N5O4S. The summed E-state index contributed by atoms with van der Waals surface area (Å²) in [5, 5.41) is 11.2. The Morgan fingerprint density at radius 2 is 1.71 bits per heavy atom. The summed E-state index contributed by atoms with van der Waals surface area (Å²) in [6.07, 6.45) is 0.112. The van der Waals surface area contributed by atoms with Gasteiger partial charge in [-0.25, -0.2) is 4.79 Å². The Kier molecular flexibility index (Phi) is 5.64. The van der Waals surface area contributed by atoms with E-state index in [0.29, 0.717) is 17.0 Å². The Hall–Kier alpha value is -4.31. The number of carbonyl (C=O) groups is 3. The number of benzene rings is 2. The number of carbonyl (C=O) groups excluding carboxylic acids is 3. The van der Waals surface area contributed by atoms with Crippen LogP contribution in [0.4, 0.5) is 4.79 Å². The molecule has 4 aromatic rings. The summed E-state index contributed by atoms with van der Waals surface area (Å²) >= 11 is 1.52. The standard InChI is InChI=1S/C24H19N5O4S/c30-19(11-12-20-25-21(28-33-20)16-13-14-34-15-16)27-29-22(31)24(26-23(29)32,17-7-3-1-4-8-17)18-9-5-2-6-10-18/h1-10,13-15H,11-12H2,(H,26,32)(H,27,30). The van der Waals surface area contributed by atoms with Gasteiger partial charge in [-0.1, -0.05) is 65.8 Å². The fourth-order valence-corrected chi connectivity index (χ4v) is 4.47. The number of rotatable bonds is 7. The van der Waals surface area contributed by atoms with Crippen molar-refractivity contribution in [2.24, 2.45) is 0 Å². The van der Waals surface area contributed by atoms with Gasteiger partial charge in [0.1, 0.15) is 0 Å². The summed E-state index contributed by atoms with van der Waals surface area (Å²) in [4.78, 5) is 43.3. The van der Waals surface area contributed by atoms with Gasteiger partial charge < -0.3 is 9.84 Å². The number of nitrogens with zero attached hydrogens (tertiary/aromatic N) is 3. The van der Waals surface area contributed by atoms with Crippen LogP contribution in [0, 0.1) is 0 Å². The van der Waals surface area contributed by atoms with E-state index in [1.807, 2.05) is 29.0 Å². The highest BCUT2D eigenvalue weighted by molar-refractivity contribution is 7.08. The highest BCUT2D eigenvalue weighted by Gasteiger charge is 2.54. The third-order valence-electron chi connectivity index (χ3n) is 5.48. The minimum atomic E-state index is -1.45. The second kappa shape index (κ2) is 8.91. The third-order valence-corrected chi connectivity index (χ3v) is 6.17. The zero-order chi connectivity index (χ0) is 23.5. The predicted molar refractivity (Wildman–Crippen MR) is 123 cm³/mol. The zero-order valence-corrected chi connectivity index (χ0v) is 18.6. The summed E-state index contributed by atoms with van der Waals surface area (Å²) < 4.78 is 5.20. The summed E-state index contributed by atoms with van der Waals surface area (Å²) in [7, 11) is 0. The van der Waals surface area contributed by atoms with Crippen molar-refractivity contribution in [2.75, 3.05) is 0 Å². The van der Waals surface area contributed by atoms with Gasteiger partial charge in [-0.3, -0.25) is 15.0 Å². The first-order valence-corrected chi connectivity index (χ1v) is 11.4. The molecule has 0 bridgehead atoms. The number of hydrogen-bond acceptors (Lipinski definition) is 7. The lowest BCUT2D eigenvalue weighted by atomic mass is 9.83. The molecule has 0 aliphatic carbocycles. The van der Waals surface area contributed by atoms with Crippen molar-refractivity contribution in [3.63, 3.8) is 0 Å². The van der Waals surface area contributed by atoms with Crippen molar-refractivity contribution >= 4 is 29.2 Å². The fraction of sp³-hybridized carbons (Fsp3) is 0.125. The van der Waals surface area contributed by atoms with Crippen LogP contribution in [0.15, 0.2) is 82.0 Å². The first-order valence-electron chi connectivity index (χ1n) is 10.5. The van der Waals surface area contributed by atoms with Crippen molar-refractivity contribution < 1.29 is 18.9 Å². The fourth-order valence-electron chi connectivity index (χ4n) is 3.83. The van der Waals surface area contributed by atoms with E-state index in [0.717, 1.165) is 10.6 Å². The third kappa shape index (κ3) is 3.84. The summed E-state index contributed by atoms with van der Waals surface area (Å²) in [5.41, 5.74) is 2.98. The van der Waals surface area contributed by atoms with Crippen LogP contribution < -0.4 is 10.7 Å². The van der Waals surface area contributed by atoms with E-state index in [9.17, 15) is 14.4 Å². The quantitative estimate of drug-likeness (QED) is 0.398. The summed E-state index contributed by atoms with van der Waals surface area (Å²) in [6, 6.07) is 19.0. The number of aromatic nitrogens is 2. The summed E-state index contributed by atoms with van der Waals surface area (Å²) in [5.74, 6) is -0.394. The highest BCUT2D eigenvalue weighted by Crippen LogP contribution is 2.35. The second-order valence-electron chi connectivity index (χ2n) is 7.61. The van der Waals surface area contributed by atoms with Crippen LogP contribution in [0.25, 0.3) is 11.4 Å². The SMILES string of the molecule is O=C(CCc1nc(-c2ccsc2)no1)NN1C(=O)NC(c2ccccc2)(c2ccccc2)C1=O. The van der Waals surface area contributed by atoms with E-state index in [-0.39, 0.29) is 18.7 Å². The number of hydrogen-bond donors (Lipinski definition) is 2. The molecular weight excluding hydrogens is 454 g/mol. The van der Waals surface area contributed by atoms with Gasteiger partial charge in [-0.05, 0) is 22.6 Å². The van der Waals surface area contributed by atoms with Crippen LogP contribution in [0.1, 0.15) is 23.4 Å². The molecule has 5 rings (SSSR count). The Balaban J connectivity index is 1.32. The smallest absolute Gasteiger partial charge is 0.339 e. The van der Waals surface area contributed by atoms with E-state index < -0.39 is 23.4 Å². The van der Waals surface area contributed by atoms with E-state index in [4.69, 9.17) is 4.52 Å². The van der Waals surface area contributed by atoms with Gasteiger partial charge in [0.2, 0.25) is 17.6 Å². The molecule has 0 spiro atoms. The normalized spacial score (nSPS) is 14.8. The van der Waals surface area contributed by atoms with E-state index in [2.05, 4.69) is 20.9 Å². The number of hydrazine groups is 1. The minimum absolute atomic E-state index is 0.0496. The Morgan fingerprint density at radius 1 is 1.03 bits per heavy atom. The molecule has 0 atom stereocenters. The Bertz CT molecular complexity index is 1280. The number of amides is 4. The van der Waals surface area contributed by atoms with E-state index in [1.54, 1.807) is 48.5 Å².